The number of anilines is 2. The van der Waals surface area contributed by atoms with E-state index in [1.807, 2.05) is 18.2 Å². The Kier molecular flexibility index (Phi) is 3.87. The second-order valence-corrected chi connectivity index (χ2v) is 7.87. The Balaban J connectivity index is 1.59. The lowest BCUT2D eigenvalue weighted by atomic mass is 10.1. The van der Waals surface area contributed by atoms with E-state index >= 15 is 4.39 Å². The lowest BCUT2D eigenvalue weighted by Crippen LogP contribution is -2.21. The van der Waals surface area contributed by atoms with Crippen LogP contribution in [0.5, 0.6) is 0 Å². The van der Waals surface area contributed by atoms with E-state index in [-0.39, 0.29) is 34.4 Å². The summed E-state index contributed by atoms with van der Waals surface area (Å²) in [6.45, 7) is 0. The number of halogens is 1. The predicted molar refractivity (Wildman–Crippen MR) is 109 cm³/mol. The molecule has 1 aromatic heterocycles. The van der Waals surface area contributed by atoms with Gasteiger partial charge in [-0.3, -0.25) is 4.79 Å². The van der Waals surface area contributed by atoms with Crippen molar-refractivity contribution in [2.75, 3.05) is 11.1 Å². The number of rotatable bonds is 5. The minimum absolute atomic E-state index is 0.0599. The summed E-state index contributed by atoms with van der Waals surface area (Å²) in [5, 5.41) is 12.5. The number of nitrogens with one attached hydrogen (secondary N) is 1. The minimum atomic E-state index is -1.34. The summed E-state index contributed by atoms with van der Waals surface area (Å²) < 4.78 is 16.8. The first kappa shape index (κ1) is 17.7. The number of aromatic carboxylic acids is 1. The quantitative estimate of drug-likeness (QED) is 0.574. The fourth-order valence-electron chi connectivity index (χ4n) is 4.04. The van der Waals surface area contributed by atoms with Gasteiger partial charge in [-0.2, -0.15) is 0 Å². The largest absolute Gasteiger partial charge is 0.477 e. The highest BCUT2D eigenvalue weighted by Crippen LogP contribution is 2.44. The molecule has 2 saturated carbocycles. The normalized spacial score (nSPS) is 20.6. The van der Waals surface area contributed by atoms with Gasteiger partial charge in [0.2, 0.25) is 5.43 Å². The fraction of sp³-hybridized carbons (Fsp3) is 0.273. The number of hydrogen-bond donors (Lipinski definition) is 3. The lowest BCUT2D eigenvalue weighted by Gasteiger charge is -2.16. The number of benzene rings is 2. The first-order valence-corrected chi connectivity index (χ1v) is 9.67. The van der Waals surface area contributed by atoms with Gasteiger partial charge in [0.05, 0.1) is 22.3 Å². The molecule has 0 bridgehead atoms. The fourth-order valence-corrected chi connectivity index (χ4v) is 4.04. The van der Waals surface area contributed by atoms with E-state index < -0.39 is 17.2 Å². The monoisotopic (exact) mass is 393 g/mol. The predicted octanol–water partition coefficient (Wildman–Crippen LogP) is 3.72. The van der Waals surface area contributed by atoms with Crippen LogP contribution in [0.15, 0.2) is 47.4 Å². The molecule has 6 nitrogen and oxygen atoms in total. The van der Waals surface area contributed by atoms with Gasteiger partial charge in [-0.05, 0) is 30.9 Å². The molecule has 2 aliphatic rings. The molecule has 1 heterocycles. The first-order valence-electron chi connectivity index (χ1n) is 9.67. The van der Waals surface area contributed by atoms with Gasteiger partial charge in [0.1, 0.15) is 5.56 Å². The molecule has 2 aliphatic carbocycles. The van der Waals surface area contributed by atoms with Crippen molar-refractivity contribution in [2.24, 2.45) is 0 Å². The van der Waals surface area contributed by atoms with E-state index in [0.29, 0.717) is 11.4 Å². The molecule has 2 aromatic carbocycles. The zero-order valence-corrected chi connectivity index (χ0v) is 15.6. The molecule has 0 amide bonds. The number of nitrogens with two attached hydrogens (primary N) is 1. The number of aromatic nitrogens is 1. The van der Waals surface area contributed by atoms with E-state index in [2.05, 4.69) is 17.4 Å². The van der Waals surface area contributed by atoms with Gasteiger partial charge in [-0.25, -0.2) is 9.18 Å². The number of carboxylic acids is 1. The van der Waals surface area contributed by atoms with E-state index in [1.165, 1.54) is 11.8 Å². The Morgan fingerprint density at radius 3 is 2.62 bits per heavy atom. The minimum Gasteiger partial charge on any atom is -0.477 e. The van der Waals surface area contributed by atoms with Gasteiger partial charge in [-0.15, -0.1) is 0 Å². The summed E-state index contributed by atoms with van der Waals surface area (Å²) in [6, 6.07) is 11.8. The highest BCUT2D eigenvalue weighted by atomic mass is 19.1. The van der Waals surface area contributed by atoms with Gasteiger partial charge >= 0.3 is 5.97 Å². The molecule has 0 saturated heterocycles. The van der Waals surface area contributed by atoms with Crippen LogP contribution in [0.4, 0.5) is 15.8 Å². The van der Waals surface area contributed by atoms with Crippen LogP contribution in [-0.2, 0) is 0 Å². The third kappa shape index (κ3) is 2.93. The van der Waals surface area contributed by atoms with Crippen molar-refractivity contribution in [3.05, 3.63) is 69.8 Å². The molecule has 5 rings (SSSR count). The summed E-state index contributed by atoms with van der Waals surface area (Å²) in [5.41, 5.74) is 6.48. The second kappa shape index (κ2) is 6.34. The van der Waals surface area contributed by atoms with Crippen LogP contribution in [0.1, 0.15) is 47.1 Å². The Labute approximate surface area is 165 Å². The van der Waals surface area contributed by atoms with Crippen molar-refractivity contribution < 1.29 is 14.3 Å². The average Bonchev–Trinajstić information content (AvgIpc) is 3.61. The summed E-state index contributed by atoms with van der Waals surface area (Å²) in [4.78, 5) is 24.1. The molecule has 0 aliphatic heterocycles. The van der Waals surface area contributed by atoms with Crippen LogP contribution in [0.2, 0.25) is 0 Å². The highest BCUT2D eigenvalue weighted by molar-refractivity contribution is 5.99. The number of pyridine rings is 1. The number of fused-ring (bicyclic) bond motifs is 1. The van der Waals surface area contributed by atoms with Crippen LogP contribution in [0, 0.1) is 5.82 Å². The Hall–Kier alpha value is -3.35. The number of carbonyl (C=O) groups is 1. The first-order chi connectivity index (χ1) is 14.0. The van der Waals surface area contributed by atoms with Gasteiger partial charge in [0.25, 0.3) is 0 Å². The molecule has 3 aromatic rings. The highest BCUT2D eigenvalue weighted by Gasteiger charge is 2.39. The number of nitrogen functional groups attached to an aromatic ring is 1. The number of nitrogens with zero attached hydrogens (tertiary/aromatic N) is 1. The van der Waals surface area contributed by atoms with Gasteiger partial charge < -0.3 is 20.7 Å². The van der Waals surface area contributed by atoms with E-state index in [9.17, 15) is 14.7 Å². The number of carboxylic acid groups (broad SMARTS) is 1. The van der Waals surface area contributed by atoms with Crippen molar-refractivity contribution in [1.29, 1.82) is 0 Å². The number of hydrogen-bond acceptors (Lipinski definition) is 4. The molecule has 0 radical (unpaired) electrons. The van der Waals surface area contributed by atoms with Crippen LogP contribution >= 0.6 is 0 Å². The van der Waals surface area contributed by atoms with Gasteiger partial charge in [0.15, 0.2) is 5.82 Å². The van der Waals surface area contributed by atoms with Crippen LogP contribution in [-0.4, -0.2) is 21.7 Å². The van der Waals surface area contributed by atoms with Crippen LogP contribution in [0.25, 0.3) is 10.9 Å². The molecule has 2 atom stereocenters. The Morgan fingerprint density at radius 1 is 1.24 bits per heavy atom. The topological polar surface area (TPSA) is 97.3 Å². The summed E-state index contributed by atoms with van der Waals surface area (Å²) >= 11 is 0. The summed E-state index contributed by atoms with van der Waals surface area (Å²) in [7, 11) is 0. The molecule has 7 heteroatoms. The van der Waals surface area contributed by atoms with Gasteiger partial charge in [0, 0.05) is 24.2 Å². The summed E-state index contributed by atoms with van der Waals surface area (Å²) in [6.07, 6.45) is 4.01. The standard InChI is InChI=1S/C22H20FN3O3/c23-19-16(25-15-8-13(15)11-4-2-1-3-5-11)9-17-18(20(19)24)21(27)14(22(28)29)10-26(17)12-6-7-12/h1-5,9-10,12-13,15,25H,6-8,24H2,(H,28,29). The van der Waals surface area contributed by atoms with Crippen molar-refractivity contribution >= 4 is 28.2 Å². The van der Waals surface area contributed by atoms with Crippen molar-refractivity contribution in [3.8, 4) is 0 Å². The third-order valence-corrected chi connectivity index (χ3v) is 5.83. The van der Waals surface area contributed by atoms with E-state index in [0.717, 1.165) is 19.3 Å². The molecule has 29 heavy (non-hydrogen) atoms. The zero-order chi connectivity index (χ0) is 20.3. The van der Waals surface area contributed by atoms with Gasteiger partial charge in [-0.1, -0.05) is 30.3 Å². The lowest BCUT2D eigenvalue weighted by molar-refractivity contribution is 0.0695. The zero-order valence-electron chi connectivity index (χ0n) is 15.6. The molecule has 0 spiro atoms. The molecule has 4 N–H and O–H groups in total. The molecule has 2 fully saturated rings. The molecular weight excluding hydrogens is 373 g/mol. The maximum atomic E-state index is 15.0. The maximum Gasteiger partial charge on any atom is 0.341 e. The van der Waals surface area contributed by atoms with Crippen molar-refractivity contribution in [2.45, 2.75) is 37.3 Å². The molecule has 2 unspecified atom stereocenters. The average molecular weight is 393 g/mol. The Morgan fingerprint density at radius 2 is 1.97 bits per heavy atom. The van der Waals surface area contributed by atoms with Crippen LogP contribution < -0.4 is 16.5 Å². The van der Waals surface area contributed by atoms with Crippen LogP contribution in [0.3, 0.4) is 0 Å². The molecular formula is C22H20FN3O3. The third-order valence-electron chi connectivity index (χ3n) is 5.83. The van der Waals surface area contributed by atoms with E-state index in [4.69, 9.17) is 5.73 Å². The maximum absolute atomic E-state index is 15.0. The molecule has 148 valence electrons. The van der Waals surface area contributed by atoms with Crippen molar-refractivity contribution in [3.63, 3.8) is 0 Å². The Bertz CT molecular complexity index is 1200. The SMILES string of the molecule is Nc1c(F)c(NC2CC2c2ccccc2)cc2c1c(=O)c(C(=O)O)cn2C1CC1. The smallest absolute Gasteiger partial charge is 0.341 e. The summed E-state index contributed by atoms with van der Waals surface area (Å²) in [5.74, 6) is -1.75. The van der Waals surface area contributed by atoms with E-state index in [1.54, 1.807) is 10.6 Å². The van der Waals surface area contributed by atoms with Crippen molar-refractivity contribution in [1.82, 2.24) is 4.57 Å². The second-order valence-electron chi connectivity index (χ2n) is 7.87.